The van der Waals surface area contributed by atoms with E-state index in [-0.39, 0.29) is 23.8 Å². The number of rotatable bonds is 9. The lowest BCUT2D eigenvalue weighted by Gasteiger charge is -2.23. The highest BCUT2D eigenvalue weighted by Crippen LogP contribution is 2.23. The van der Waals surface area contributed by atoms with Crippen LogP contribution in [0.1, 0.15) is 54.1 Å². The molecule has 6 heteroatoms. The molecule has 1 saturated heterocycles. The predicted octanol–water partition coefficient (Wildman–Crippen LogP) is 3.42. The van der Waals surface area contributed by atoms with Crippen LogP contribution in [0.15, 0.2) is 24.3 Å². The van der Waals surface area contributed by atoms with E-state index in [4.69, 9.17) is 4.74 Å². The molecule has 152 valence electrons. The van der Waals surface area contributed by atoms with Crippen molar-refractivity contribution >= 4 is 23.2 Å². The molecule has 1 fully saturated rings. The minimum absolute atomic E-state index is 0.0422. The normalized spacial score (nSPS) is 18.8. The SMILES string of the molecule is CC#CC[C@@H](C)[C@H](O)C=C[C@H]1CCC(=O)N1CCCc1ccc(C(=O)OC)s1. The Hall–Kier alpha value is -2.10. The molecule has 0 bridgehead atoms. The number of amides is 1. The number of likely N-dealkylation sites (tertiary alicyclic amines) is 1. The molecule has 1 aromatic heterocycles. The molecule has 0 aliphatic carbocycles. The van der Waals surface area contributed by atoms with E-state index in [9.17, 15) is 14.7 Å². The van der Waals surface area contributed by atoms with Gasteiger partial charge < -0.3 is 14.7 Å². The van der Waals surface area contributed by atoms with Gasteiger partial charge in [-0.15, -0.1) is 23.2 Å². The molecule has 0 aromatic carbocycles. The van der Waals surface area contributed by atoms with Crippen molar-refractivity contribution in [3.63, 3.8) is 0 Å². The van der Waals surface area contributed by atoms with Crippen LogP contribution in [0, 0.1) is 17.8 Å². The number of hydrogen-bond donors (Lipinski definition) is 1. The molecule has 2 heterocycles. The quantitative estimate of drug-likeness (QED) is 0.390. The summed E-state index contributed by atoms with van der Waals surface area (Å²) in [7, 11) is 1.38. The average molecular weight is 404 g/mol. The van der Waals surface area contributed by atoms with Crippen molar-refractivity contribution in [2.75, 3.05) is 13.7 Å². The van der Waals surface area contributed by atoms with Crippen molar-refractivity contribution in [3.05, 3.63) is 34.0 Å². The zero-order valence-electron chi connectivity index (χ0n) is 16.8. The molecule has 1 N–H and O–H groups in total. The number of aliphatic hydroxyl groups is 1. The molecule has 0 saturated carbocycles. The van der Waals surface area contributed by atoms with E-state index >= 15 is 0 Å². The summed E-state index contributed by atoms with van der Waals surface area (Å²) in [5.74, 6) is 5.76. The first-order valence-corrected chi connectivity index (χ1v) is 10.5. The maximum atomic E-state index is 12.2. The number of carbonyl (C=O) groups excluding carboxylic acids is 2. The Kier molecular flexibility index (Phi) is 8.75. The van der Waals surface area contributed by atoms with Crippen LogP contribution in [0.5, 0.6) is 0 Å². The average Bonchev–Trinajstić information content (AvgIpc) is 3.31. The van der Waals surface area contributed by atoms with Gasteiger partial charge >= 0.3 is 5.97 Å². The molecule has 1 aliphatic rings. The number of esters is 1. The second-order valence-electron chi connectivity index (χ2n) is 7.04. The van der Waals surface area contributed by atoms with Gasteiger partial charge in [0.05, 0.1) is 19.3 Å². The molecule has 0 unspecified atom stereocenters. The van der Waals surface area contributed by atoms with Crippen molar-refractivity contribution in [2.45, 2.75) is 58.1 Å². The highest BCUT2D eigenvalue weighted by molar-refractivity contribution is 7.13. The summed E-state index contributed by atoms with van der Waals surface area (Å²) in [6, 6.07) is 3.77. The highest BCUT2D eigenvalue weighted by atomic mass is 32.1. The summed E-state index contributed by atoms with van der Waals surface area (Å²) < 4.78 is 4.73. The molecule has 1 aromatic rings. The minimum atomic E-state index is -0.554. The molecule has 28 heavy (non-hydrogen) atoms. The van der Waals surface area contributed by atoms with Crippen molar-refractivity contribution in [2.24, 2.45) is 5.92 Å². The number of thiophene rings is 1. The lowest BCUT2D eigenvalue weighted by molar-refractivity contribution is -0.128. The number of nitrogens with zero attached hydrogens (tertiary/aromatic N) is 1. The summed E-state index contributed by atoms with van der Waals surface area (Å²) in [5, 5.41) is 10.3. The first-order chi connectivity index (χ1) is 13.5. The van der Waals surface area contributed by atoms with E-state index in [0.717, 1.165) is 24.1 Å². The summed E-state index contributed by atoms with van der Waals surface area (Å²) in [6.45, 7) is 4.44. The third-order valence-electron chi connectivity index (χ3n) is 4.96. The third kappa shape index (κ3) is 6.22. The summed E-state index contributed by atoms with van der Waals surface area (Å²) in [6.07, 6.45) is 6.86. The van der Waals surface area contributed by atoms with Gasteiger partial charge in [-0.25, -0.2) is 4.79 Å². The van der Waals surface area contributed by atoms with Crippen molar-refractivity contribution in [1.82, 2.24) is 4.90 Å². The van der Waals surface area contributed by atoms with Crippen LogP contribution in [0.25, 0.3) is 0 Å². The van der Waals surface area contributed by atoms with Crippen molar-refractivity contribution < 1.29 is 19.4 Å². The van der Waals surface area contributed by atoms with Gasteiger partial charge in [-0.05, 0) is 44.2 Å². The van der Waals surface area contributed by atoms with Gasteiger partial charge in [-0.1, -0.05) is 19.1 Å². The van der Waals surface area contributed by atoms with Crippen molar-refractivity contribution in [1.29, 1.82) is 0 Å². The van der Waals surface area contributed by atoms with Crippen LogP contribution in [-0.2, 0) is 16.0 Å². The third-order valence-corrected chi connectivity index (χ3v) is 6.08. The van der Waals surface area contributed by atoms with Gasteiger partial charge in [0.1, 0.15) is 4.88 Å². The van der Waals surface area contributed by atoms with Gasteiger partial charge in [0.25, 0.3) is 0 Å². The highest BCUT2D eigenvalue weighted by Gasteiger charge is 2.28. The first-order valence-electron chi connectivity index (χ1n) is 9.68. The van der Waals surface area contributed by atoms with Crippen LogP contribution in [0.2, 0.25) is 0 Å². The van der Waals surface area contributed by atoms with Gasteiger partial charge in [0.2, 0.25) is 5.91 Å². The van der Waals surface area contributed by atoms with E-state index in [2.05, 4.69) is 11.8 Å². The summed E-state index contributed by atoms with van der Waals surface area (Å²) in [4.78, 5) is 27.4. The number of ether oxygens (including phenoxy) is 1. The second-order valence-corrected chi connectivity index (χ2v) is 8.21. The van der Waals surface area contributed by atoms with Crippen LogP contribution in [0.4, 0.5) is 0 Å². The lowest BCUT2D eigenvalue weighted by Crippen LogP contribution is -2.33. The molecular weight excluding hydrogens is 374 g/mol. The van der Waals surface area contributed by atoms with Gasteiger partial charge in [-0.3, -0.25) is 4.79 Å². The zero-order chi connectivity index (χ0) is 20.5. The van der Waals surface area contributed by atoms with E-state index in [1.54, 1.807) is 19.1 Å². The molecule has 1 aliphatic heterocycles. The number of carbonyl (C=O) groups is 2. The number of aliphatic hydroxyl groups excluding tert-OH is 1. The van der Waals surface area contributed by atoms with Gasteiger partial charge in [0, 0.05) is 24.3 Å². The van der Waals surface area contributed by atoms with E-state index < -0.39 is 6.10 Å². The monoisotopic (exact) mass is 403 g/mol. The number of aryl methyl sites for hydroxylation is 1. The van der Waals surface area contributed by atoms with Crippen LogP contribution < -0.4 is 0 Å². The molecule has 5 nitrogen and oxygen atoms in total. The summed E-state index contributed by atoms with van der Waals surface area (Å²) in [5.41, 5.74) is 0. The molecule has 0 spiro atoms. The van der Waals surface area contributed by atoms with Crippen LogP contribution in [-0.4, -0.2) is 47.7 Å². The second kappa shape index (κ2) is 11.0. The van der Waals surface area contributed by atoms with Crippen molar-refractivity contribution in [3.8, 4) is 11.8 Å². The fourth-order valence-corrected chi connectivity index (χ4v) is 4.18. The maximum Gasteiger partial charge on any atom is 0.348 e. The van der Waals surface area contributed by atoms with Gasteiger partial charge in [0.15, 0.2) is 0 Å². The Balaban J connectivity index is 1.86. The number of hydrogen-bond acceptors (Lipinski definition) is 5. The topological polar surface area (TPSA) is 66.8 Å². The lowest BCUT2D eigenvalue weighted by atomic mass is 10.00. The fourth-order valence-electron chi connectivity index (χ4n) is 3.21. The molecular formula is C22H29NO4S. The number of methoxy groups -OCH3 is 1. The van der Waals surface area contributed by atoms with Crippen LogP contribution >= 0.6 is 11.3 Å². The smallest absolute Gasteiger partial charge is 0.348 e. The predicted molar refractivity (Wildman–Crippen MR) is 111 cm³/mol. The molecule has 1 amide bonds. The maximum absolute atomic E-state index is 12.2. The first kappa shape index (κ1) is 22.2. The Bertz CT molecular complexity index is 758. The molecule has 0 radical (unpaired) electrons. The largest absolute Gasteiger partial charge is 0.465 e. The van der Waals surface area contributed by atoms with E-state index in [1.807, 2.05) is 24.0 Å². The fraction of sp³-hybridized carbons (Fsp3) is 0.545. The Labute approximate surface area is 171 Å². The molecule has 2 rings (SSSR count). The Morgan fingerprint density at radius 2 is 2.29 bits per heavy atom. The van der Waals surface area contributed by atoms with E-state index in [0.29, 0.717) is 24.3 Å². The van der Waals surface area contributed by atoms with E-state index in [1.165, 1.54) is 18.4 Å². The minimum Gasteiger partial charge on any atom is -0.465 e. The van der Waals surface area contributed by atoms with Crippen LogP contribution in [0.3, 0.4) is 0 Å². The Morgan fingerprint density at radius 1 is 1.50 bits per heavy atom. The Morgan fingerprint density at radius 3 is 3.00 bits per heavy atom. The molecule has 3 atom stereocenters. The summed E-state index contributed by atoms with van der Waals surface area (Å²) >= 11 is 1.44. The van der Waals surface area contributed by atoms with Gasteiger partial charge in [-0.2, -0.15) is 0 Å². The standard InChI is InChI=1S/C22H29NO4S/c1-4-5-7-16(2)19(24)12-9-17-10-14-21(25)23(17)15-6-8-18-11-13-20(28-18)22(26)27-3/h9,11-13,16-17,19,24H,6-8,10,14-15H2,1-3H3/t16-,17+,19-/m1/s1. The zero-order valence-corrected chi connectivity index (χ0v) is 17.6.